The molecule has 1 unspecified atom stereocenters. The highest BCUT2D eigenvalue weighted by molar-refractivity contribution is 7.89. The normalized spacial score (nSPS) is 17.0. The highest BCUT2D eigenvalue weighted by Gasteiger charge is 2.30. The van der Waals surface area contributed by atoms with Gasteiger partial charge in [0.2, 0.25) is 10.0 Å². The predicted molar refractivity (Wildman–Crippen MR) is 118 cm³/mol. The van der Waals surface area contributed by atoms with Gasteiger partial charge in [0.05, 0.1) is 4.90 Å². The number of likely N-dealkylation sites (N-methyl/N-ethyl adjacent to an activating group) is 1. The SMILES string of the molecule is CNC(=O)COc1cccc(NC(=O)c2ccc(S(=O)(=O)N3CCCCC3C)cc2)c1. The maximum absolute atomic E-state index is 12.9. The fraction of sp³-hybridized carbons (Fsp3) is 0.364. The average molecular weight is 446 g/mol. The van der Waals surface area contributed by atoms with Crippen LogP contribution >= 0.6 is 0 Å². The Morgan fingerprint density at radius 3 is 2.55 bits per heavy atom. The summed E-state index contributed by atoms with van der Waals surface area (Å²) in [6.45, 7) is 2.31. The molecule has 0 spiro atoms. The molecule has 2 N–H and O–H groups in total. The Labute approximate surface area is 182 Å². The minimum Gasteiger partial charge on any atom is -0.484 e. The Kier molecular flexibility index (Phi) is 7.29. The average Bonchev–Trinajstić information content (AvgIpc) is 2.78. The van der Waals surface area contributed by atoms with E-state index < -0.39 is 10.0 Å². The number of rotatable bonds is 7. The van der Waals surface area contributed by atoms with E-state index >= 15 is 0 Å². The van der Waals surface area contributed by atoms with Crippen LogP contribution in [0, 0.1) is 0 Å². The zero-order valence-corrected chi connectivity index (χ0v) is 18.4. The van der Waals surface area contributed by atoms with Crippen LogP contribution in [-0.2, 0) is 14.8 Å². The van der Waals surface area contributed by atoms with E-state index in [1.807, 2.05) is 6.92 Å². The van der Waals surface area contributed by atoms with Crippen molar-refractivity contribution >= 4 is 27.5 Å². The summed E-state index contributed by atoms with van der Waals surface area (Å²) < 4.78 is 32.8. The first-order chi connectivity index (χ1) is 14.8. The van der Waals surface area contributed by atoms with Gasteiger partial charge in [-0.2, -0.15) is 4.31 Å². The lowest BCUT2D eigenvalue weighted by atomic mass is 10.1. The molecule has 1 fully saturated rings. The Morgan fingerprint density at radius 1 is 1.13 bits per heavy atom. The van der Waals surface area contributed by atoms with Crippen molar-refractivity contribution < 1.29 is 22.7 Å². The van der Waals surface area contributed by atoms with Crippen molar-refractivity contribution in [2.75, 3.05) is 25.5 Å². The van der Waals surface area contributed by atoms with Gasteiger partial charge in [-0.1, -0.05) is 12.5 Å². The van der Waals surface area contributed by atoms with E-state index in [0.29, 0.717) is 23.5 Å². The van der Waals surface area contributed by atoms with Crippen LogP contribution in [-0.4, -0.2) is 50.8 Å². The molecule has 166 valence electrons. The zero-order valence-electron chi connectivity index (χ0n) is 17.6. The van der Waals surface area contributed by atoms with Crippen LogP contribution in [0.5, 0.6) is 5.75 Å². The number of ether oxygens (including phenoxy) is 1. The van der Waals surface area contributed by atoms with Gasteiger partial charge in [-0.05, 0) is 56.2 Å². The number of benzene rings is 2. The molecule has 8 nitrogen and oxygen atoms in total. The van der Waals surface area contributed by atoms with Crippen LogP contribution in [0.3, 0.4) is 0 Å². The Bertz CT molecular complexity index is 1040. The third-order valence-electron chi connectivity index (χ3n) is 5.21. The van der Waals surface area contributed by atoms with E-state index in [2.05, 4.69) is 10.6 Å². The van der Waals surface area contributed by atoms with E-state index in [9.17, 15) is 18.0 Å². The van der Waals surface area contributed by atoms with Gasteiger partial charge >= 0.3 is 0 Å². The summed E-state index contributed by atoms with van der Waals surface area (Å²) in [5.74, 6) is -0.194. The first-order valence-electron chi connectivity index (χ1n) is 10.2. The molecule has 1 aliphatic rings. The molecular weight excluding hydrogens is 418 g/mol. The molecule has 0 saturated carbocycles. The molecule has 2 amide bonds. The second-order valence-electron chi connectivity index (χ2n) is 7.43. The van der Waals surface area contributed by atoms with Crippen molar-refractivity contribution in [2.24, 2.45) is 0 Å². The van der Waals surface area contributed by atoms with Crippen LogP contribution in [0.2, 0.25) is 0 Å². The van der Waals surface area contributed by atoms with Gasteiger partial charge in [0, 0.05) is 37.0 Å². The molecule has 2 aromatic carbocycles. The number of anilines is 1. The standard InChI is InChI=1S/C22H27N3O5S/c1-16-6-3-4-13-25(16)31(28,29)20-11-9-17(10-12-20)22(27)24-18-7-5-8-19(14-18)30-15-21(26)23-2/h5,7-12,14,16H,3-4,6,13,15H2,1-2H3,(H,23,26)(H,24,27). The topological polar surface area (TPSA) is 105 Å². The monoisotopic (exact) mass is 445 g/mol. The maximum atomic E-state index is 12.9. The molecule has 0 bridgehead atoms. The van der Waals surface area contributed by atoms with Gasteiger partial charge < -0.3 is 15.4 Å². The second-order valence-corrected chi connectivity index (χ2v) is 9.32. The third-order valence-corrected chi connectivity index (χ3v) is 7.23. The molecular formula is C22H27N3O5S. The number of hydrogen-bond donors (Lipinski definition) is 2. The molecule has 3 rings (SSSR count). The number of amides is 2. The summed E-state index contributed by atoms with van der Waals surface area (Å²) >= 11 is 0. The number of carbonyl (C=O) groups excluding carboxylic acids is 2. The first-order valence-corrected chi connectivity index (χ1v) is 11.6. The number of sulfonamides is 1. The predicted octanol–water partition coefficient (Wildman–Crippen LogP) is 2.63. The lowest BCUT2D eigenvalue weighted by Crippen LogP contribution is -2.41. The molecule has 31 heavy (non-hydrogen) atoms. The van der Waals surface area contributed by atoms with Gasteiger partial charge in [-0.15, -0.1) is 0 Å². The van der Waals surface area contributed by atoms with Crippen LogP contribution in [0.25, 0.3) is 0 Å². The number of hydrogen-bond acceptors (Lipinski definition) is 5. The number of nitrogens with one attached hydrogen (secondary N) is 2. The van der Waals surface area contributed by atoms with Gasteiger partial charge in [0.15, 0.2) is 6.61 Å². The molecule has 1 atom stereocenters. The lowest BCUT2D eigenvalue weighted by Gasteiger charge is -2.32. The minimum atomic E-state index is -3.58. The van der Waals surface area contributed by atoms with Gasteiger partial charge in [0.1, 0.15) is 5.75 Å². The maximum Gasteiger partial charge on any atom is 0.257 e. The molecule has 1 saturated heterocycles. The highest BCUT2D eigenvalue weighted by atomic mass is 32.2. The molecule has 0 aliphatic carbocycles. The molecule has 1 aliphatic heterocycles. The zero-order chi connectivity index (χ0) is 22.4. The lowest BCUT2D eigenvalue weighted by molar-refractivity contribution is -0.122. The van der Waals surface area contributed by atoms with E-state index in [4.69, 9.17) is 4.74 Å². The Hall–Kier alpha value is -2.91. The Balaban J connectivity index is 1.67. The molecule has 1 heterocycles. The summed E-state index contributed by atoms with van der Waals surface area (Å²) in [4.78, 5) is 24.1. The summed E-state index contributed by atoms with van der Waals surface area (Å²) in [7, 11) is -2.06. The minimum absolute atomic E-state index is 0.0281. The fourth-order valence-electron chi connectivity index (χ4n) is 3.43. The number of nitrogens with zero attached hydrogens (tertiary/aromatic N) is 1. The van der Waals surface area contributed by atoms with Crippen LogP contribution in [0.1, 0.15) is 36.5 Å². The van der Waals surface area contributed by atoms with Gasteiger partial charge in [-0.25, -0.2) is 8.42 Å². The molecule has 0 aromatic heterocycles. The quantitative estimate of drug-likeness (QED) is 0.682. The van der Waals surface area contributed by atoms with Crippen molar-refractivity contribution in [3.63, 3.8) is 0 Å². The van der Waals surface area contributed by atoms with Crippen LogP contribution in [0.15, 0.2) is 53.4 Å². The van der Waals surface area contributed by atoms with Crippen molar-refractivity contribution in [2.45, 2.75) is 37.1 Å². The van der Waals surface area contributed by atoms with Crippen LogP contribution in [0.4, 0.5) is 5.69 Å². The van der Waals surface area contributed by atoms with E-state index in [0.717, 1.165) is 19.3 Å². The summed E-state index contributed by atoms with van der Waals surface area (Å²) in [6, 6.07) is 12.6. The summed E-state index contributed by atoms with van der Waals surface area (Å²) in [6.07, 6.45) is 2.74. The Morgan fingerprint density at radius 2 is 1.87 bits per heavy atom. The number of piperidine rings is 1. The van der Waals surface area contributed by atoms with E-state index in [1.54, 1.807) is 24.3 Å². The van der Waals surface area contributed by atoms with E-state index in [1.165, 1.54) is 35.6 Å². The molecule has 2 aromatic rings. The fourth-order valence-corrected chi connectivity index (χ4v) is 5.13. The van der Waals surface area contributed by atoms with E-state index in [-0.39, 0.29) is 29.4 Å². The van der Waals surface area contributed by atoms with Crippen molar-refractivity contribution in [3.8, 4) is 5.75 Å². The largest absolute Gasteiger partial charge is 0.484 e. The summed E-state index contributed by atoms with van der Waals surface area (Å²) in [5.41, 5.74) is 0.834. The van der Waals surface area contributed by atoms with Gasteiger partial charge in [-0.3, -0.25) is 9.59 Å². The second kappa shape index (κ2) is 9.93. The molecule has 0 radical (unpaired) electrons. The third kappa shape index (κ3) is 5.62. The molecule has 9 heteroatoms. The van der Waals surface area contributed by atoms with Crippen molar-refractivity contribution in [1.29, 1.82) is 0 Å². The van der Waals surface area contributed by atoms with Crippen molar-refractivity contribution in [3.05, 3.63) is 54.1 Å². The van der Waals surface area contributed by atoms with Gasteiger partial charge in [0.25, 0.3) is 11.8 Å². The van der Waals surface area contributed by atoms with Crippen LogP contribution < -0.4 is 15.4 Å². The summed E-state index contributed by atoms with van der Waals surface area (Å²) in [5, 5.41) is 5.21. The number of carbonyl (C=O) groups is 2. The highest BCUT2D eigenvalue weighted by Crippen LogP contribution is 2.25. The first kappa shape index (κ1) is 22.8. The van der Waals surface area contributed by atoms with Crippen molar-refractivity contribution in [1.82, 2.24) is 9.62 Å². The smallest absolute Gasteiger partial charge is 0.257 e.